The van der Waals surface area contributed by atoms with Crippen LogP contribution in [0.5, 0.6) is 0 Å². The molecule has 0 spiro atoms. The fraction of sp³-hybridized carbons (Fsp3) is 0.125. The molecule has 0 radical (unpaired) electrons. The molecule has 2 aromatic carbocycles. The first-order chi connectivity index (χ1) is 12.7. The Labute approximate surface area is 166 Å². The van der Waals surface area contributed by atoms with E-state index < -0.39 is 19.9 Å². The van der Waals surface area contributed by atoms with Crippen molar-refractivity contribution in [2.45, 2.75) is 16.7 Å². The molecule has 11 heteroatoms. The highest BCUT2D eigenvalue weighted by atomic mass is 35.5. The number of aromatic nitrogens is 2. The molecule has 142 valence electrons. The summed E-state index contributed by atoms with van der Waals surface area (Å²) in [6.07, 6.45) is 0. The van der Waals surface area contributed by atoms with Crippen LogP contribution in [0.4, 0.5) is 5.13 Å². The molecule has 3 aromatic rings. The van der Waals surface area contributed by atoms with Crippen molar-refractivity contribution < 1.29 is 16.8 Å². The van der Waals surface area contributed by atoms with Gasteiger partial charge < -0.3 is 0 Å². The molecule has 27 heavy (non-hydrogen) atoms. The van der Waals surface area contributed by atoms with Gasteiger partial charge in [-0.3, -0.25) is 4.72 Å². The highest BCUT2D eigenvalue weighted by molar-refractivity contribution is 7.93. The first-order valence-electron chi connectivity index (χ1n) is 7.67. The van der Waals surface area contributed by atoms with E-state index in [-0.39, 0.29) is 20.7 Å². The van der Waals surface area contributed by atoms with Gasteiger partial charge in [0.1, 0.15) is 0 Å². The lowest BCUT2D eigenvalue weighted by molar-refractivity contribution is 0.596. The molecule has 0 saturated heterocycles. The number of hydrogen-bond acceptors (Lipinski definition) is 7. The van der Waals surface area contributed by atoms with Crippen LogP contribution in [0.1, 0.15) is 6.92 Å². The molecule has 1 heterocycles. The van der Waals surface area contributed by atoms with E-state index in [2.05, 4.69) is 14.9 Å². The van der Waals surface area contributed by atoms with E-state index in [9.17, 15) is 16.8 Å². The van der Waals surface area contributed by atoms with E-state index in [1.807, 2.05) is 0 Å². The number of nitrogens with one attached hydrogen (secondary N) is 1. The van der Waals surface area contributed by atoms with Gasteiger partial charge in [-0.25, -0.2) is 16.8 Å². The molecule has 0 aliphatic carbocycles. The summed E-state index contributed by atoms with van der Waals surface area (Å²) in [4.78, 5) is -0.228. The summed E-state index contributed by atoms with van der Waals surface area (Å²) in [5, 5.41) is 8.77. The Morgan fingerprint density at radius 3 is 2.41 bits per heavy atom. The Morgan fingerprint density at radius 2 is 1.70 bits per heavy atom. The van der Waals surface area contributed by atoms with E-state index in [0.717, 1.165) is 17.4 Å². The fourth-order valence-electron chi connectivity index (χ4n) is 2.18. The van der Waals surface area contributed by atoms with Crippen molar-refractivity contribution in [3.05, 3.63) is 53.6 Å². The summed E-state index contributed by atoms with van der Waals surface area (Å²) < 4.78 is 51.5. The molecular formula is C16H14ClN3O4S3. The fourth-order valence-corrected chi connectivity index (χ4v) is 5.52. The molecule has 0 aliphatic heterocycles. The minimum atomic E-state index is -4.02. The van der Waals surface area contributed by atoms with Crippen LogP contribution in [0, 0.1) is 0 Å². The number of benzene rings is 2. The highest BCUT2D eigenvalue weighted by Crippen LogP contribution is 2.32. The zero-order valence-electron chi connectivity index (χ0n) is 14.0. The lowest BCUT2D eigenvalue weighted by Crippen LogP contribution is -2.14. The normalized spacial score (nSPS) is 12.1. The molecule has 0 atom stereocenters. The minimum absolute atomic E-state index is 0.0497. The van der Waals surface area contributed by atoms with Crippen LogP contribution in [0.2, 0.25) is 5.02 Å². The van der Waals surface area contributed by atoms with Crippen molar-refractivity contribution in [2.75, 3.05) is 10.5 Å². The molecule has 7 nitrogen and oxygen atoms in total. The van der Waals surface area contributed by atoms with Crippen LogP contribution in [-0.2, 0) is 19.9 Å². The predicted octanol–water partition coefficient (Wildman–Crippen LogP) is 3.45. The summed E-state index contributed by atoms with van der Waals surface area (Å²) in [7, 11) is -7.55. The summed E-state index contributed by atoms with van der Waals surface area (Å²) in [6, 6.07) is 12.2. The Balaban J connectivity index is 1.90. The van der Waals surface area contributed by atoms with Crippen molar-refractivity contribution in [2.24, 2.45) is 0 Å². The van der Waals surface area contributed by atoms with E-state index >= 15 is 0 Å². The quantitative estimate of drug-likeness (QED) is 0.625. The molecule has 0 amide bonds. The van der Waals surface area contributed by atoms with Gasteiger partial charge in [0.05, 0.1) is 20.6 Å². The van der Waals surface area contributed by atoms with Crippen LogP contribution < -0.4 is 4.72 Å². The van der Waals surface area contributed by atoms with Gasteiger partial charge in [-0.15, -0.1) is 10.2 Å². The van der Waals surface area contributed by atoms with Gasteiger partial charge in [-0.1, -0.05) is 54.1 Å². The third kappa shape index (κ3) is 4.29. The molecule has 0 fully saturated rings. The first-order valence-corrected chi connectivity index (χ1v) is 12.0. The molecule has 1 aromatic heterocycles. The molecule has 0 bridgehead atoms. The molecule has 1 N–H and O–H groups in total. The van der Waals surface area contributed by atoms with E-state index in [0.29, 0.717) is 15.6 Å². The predicted molar refractivity (Wildman–Crippen MR) is 105 cm³/mol. The van der Waals surface area contributed by atoms with Gasteiger partial charge in [0.2, 0.25) is 5.13 Å². The van der Waals surface area contributed by atoms with Gasteiger partial charge >= 0.3 is 0 Å². The van der Waals surface area contributed by atoms with Crippen molar-refractivity contribution in [3.63, 3.8) is 0 Å². The smallest absolute Gasteiger partial charge is 0.253 e. The second-order valence-electron chi connectivity index (χ2n) is 5.38. The number of sulfone groups is 1. The van der Waals surface area contributed by atoms with Crippen molar-refractivity contribution >= 4 is 47.9 Å². The number of halogens is 1. The topological polar surface area (TPSA) is 106 Å². The van der Waals surface area contributed by atoms with E-state index in [1.54, 1.807) is 24.3 Å². The van der Waals surface area contributed by atoms with Gasteiger partial charge in [0, 0.05) is 5.56 Å². The van der Waals surface area contributed by atoms with Crippen molar-refractivity contribution in [1.29, 1.82) is 0 Å². The second kappa shape index (κ2) is 7.55. The van der Waals surface area contributed by atoms with Gasteiger partial charge in [-0.05, 0) is 24.3 Å². The average Bonchev–Trinajstić information content (AvgIpc) is 3.09. The summed E-state index contributed by atoms with van der Waals surface area (Å²) in [5.41, 5.74) is 0.637. The summed E-state index contributed by atoms with van der Waals surface area (Å²) in [6.45, 7) is 1.49. The van der Waals surface area contributed by atoms with E-state index in [1.165, 1.54) is 25.1 Å². The molecule has 0 unspecified atom stereocenters. The summed E-state index contributed by atoms with van der Waals surface area (Å²) >= 11 is 7.13. The lowest BCUT2D eigenvalue weighted by atomic mass is 10.2. The number of rotatable bonds is 6. The van der Waals surface area contributed by atoms with Crippen LogP contribution in [-0.4, -0.2) is 32.8 Å². The number of sulfonamides is 1. The minimum Gasteiger partial charge on any atom is -0.253 e. The number of anilines is 1. The largest absolute Gasteiger partial charge is 0.263 e. The first kappa shape index (κ1) is 19.7. The number of nitrogens with zero attached hydrogens (tertiary/aromatic N) is 2. The molecule has 0 aliphatic rings. The van der Waals surface area contributed by atoms with Crippen molar-refractivity contribution in [3.8, 4) is 10.6 Å². The maximum absolute atomic E-state index is 12.6. The number of hydrogen-bond donors (Lipinski definition) is 1. The van der Waals surface area contributed by atoms with Gasteiger partial charge in [0.15, 0.2) is 14.8 Å². The van der Waals surface area contributed by atoms with Crippen LogP contribution in [0.15, 0.2) is 58.3 Å². The average molecular weight is 444 g/mol. The Morgan fingerprint density at radius 1 is 1.00 bits per heavy atom. The third-order valence-corrected chi connectivity index (χ3v) is 8.01. The SMILES string of the molecule is CCS(=O)(=O)c1cccc(S(=O)(=O)Nc2nnc(-c3ccccc3Cl)s2)c1. The van der Waals surface area contributed by atoms with Gasteiger partial charge in [-0.2, -0.15) is 0 Å². The third-order valence-electron chi connectivity index (χ3n) is 3.61. The second-order valence-corrected chi connectivity index (χ2v) is 10.7. The zero-order chi connectivity index (χ0) is 19.7. The van der Waals surface area contributed by atoms with Crippen molar-refractivity contribution in [1.82, 2.24) is 10.2 Å². The Kier molecular flexibility index (Phi) is 5.52. The monoisotopic (exact) mass is 443 g/mol. The van der Waals surface area contributed by atoms with Crippen LogP contribution in [0.3, 0.4) is 0 Å². The molecule has 0 saturated carbocycles. The summed E-state index contributed by atoms with van der Waals surface area (Å²) in [5.74, 6) is -0.123. The standard InChI is InChI=1S/C16H14ClN3O4S3/c1-2-26(21,22)11-6-5-7-12(10-11)27(23,24)20-16-19-18-15(25-16)13-8-3-4-9-14(13)17/h3-10H,2H2,1H3,(H,19,20). The lowest BCUT2D eigenvalue weighted by Gasteiger charge is -2.07. The maximum Gasteiger partial charge on any atom is 0.263 e. The van der Waals surface area contributed by atoms with Crippen LogP contribution >= 0.6 is 22.9 Å². The zero-order valence-corrected chi connectivity index (χ0v) is 17.2. The Bertz CT molecular complexity index is 1190. The molecular weight excluding hydrogens is 430 g/mol. The van der Waals surface area contributed by atoms with E-state index in [4.69, 9.17) is 11.6 Å². The maximum atomic E-state index is 12.6. The Hall–Kier alpha value is -2.01. The molecule has 3 rings (SSSR count). The van der Waals surface area contributed by atoms with Gasteiger partial charge in [0.25, 0.3) is 10.0 Å². The highest BCUT2D eigenvalue weighted by Gasteiger charge is 2.20. The van der Waals surface area contributed by atoms with Crippen LogP contribution in [0.25, 0.3) is 10.6 Å².